The average molecular weight is 394 g/mol. The van der Waals surface area contributed by atoms with Crippen molar-refractivity contribution in [1.82, 2.24) is 4.90 Å². The summed E-state index contributed by atoms with van der Waals surface area (Å²) in [7, 11) is 0. The van der Waals surface area contributed by atoms with Gasteiger partial charge in [-0.25, -0.2) is 0 Å². The number of hydrogen-bond donors (Lipinski definition) is 1. The van der Waals surface area contributed by atoms with Crippen LogP contribution in [0.25, 0.3) is 0 Å². The molecule has 0 aromatic heterocycles. The van der Waals surface area contributed by atoms with Crippen LogP contribution in [-0.2, 0) is 11.2 Å². The Labute approximate surface area is 173 Å². The van der Waals surface area contributed by atoms with Gasteiger partial charge in [0, 0.05) is 49.5 Å². The molecule has 1 N–H and O–H groups in total. The molecule has 1 aliphatic rings. The molecule has 0 atom stereocenters. The smallest absolute Gasteiger partial charge is 0.255 e. The maximum atomic E-state index is 12.4. The molecule has 0 spiro atoms. The van der Waals surface area contributed by atoms with Crippen LogP contribution in [0, 0.1) is 0 Å². The zero-order valence-corrected chi connectivity index (χ0v) is 17.5. The van der Waals surface area contributed by atoms with E-state index >= 15 is 0 Å². The van der Waals surface area contributed by atoms with E-state index in [1.54, 1.807) is 0 Å². The van der Waals surface area contributed by atoms with Crippen LogP contribution in [0.15, 0.2) is 48.5 Å². The largest absolute Gasteiger partial charge is 0.368 e. The molecule has 0 radical (unpaired) electrons. The molecule has 0 bridgehead atoms. The second-order valence-electron chi connectivity index (χ2n) is 7.52. The lowest BCUT2D eigenvalue weighted by Crippen LogP contribution is -2.48. The van der Waals surface area contributed by atoms with Gasteiger partial charge in [0.05, 0.1) is 0 Å². The normalized spacial score (nSPS) is 14.0. The number of benzene rings is 2. The number of anilines is 2. The first-order valence-corrected chi connectivity index (χ1v) is 10.6. The highest BCUT2D eigenvalue weighted by Gasteiger charge is 2.20. The van der Waals surface area contributed by atoms with Crippen LogP contribution in [-0.4, -0.2) is 42.9 Å². The second kappa shape index (κ2) is 10.1. The third kappa shape index (κ3) is 5.59. The zero-order valence-electron chi connectivity index (χ0n) is 17.5. The van der Waals surface area contributed by atoms with E-state index in [0.717, 1.165) is 56.8 Å². The van der Waals surface area contributed by atoms with Crippen LogP contribution in [0.1, 0.15) is 49.0 Å². The Morgan fingerprint density at radius 1 is 0.897 bits per heavy atom. The summed E-state index contributed by atoms with van der Waals surface area (Å²) in [6, 6.07) is 15.6. The van der Waals surface area contributed by atoms with Crippen molar-refractivity contribution < 1.29 is 9.59 Å². The van der Waals surface area contributed by atoms with Gasteiger partial charge in [-0.1, -0.05) is 32.4 Å². The topological polar surface area (TPSA) is 52.7 Å². The van der Waals surface area contributed by atoms with Gasteiger partial charge >= 0.3 is 0 Å². The molecule has 1 heterocycles. The minimum Gasteiger partial charge on any atom is -0.368 e. The van der Waals surface area contributed by atoms with Crippen LogP contribution in [0.3, 0.4) is 0 Å². The van der Waals surface area contributed by atoms with E-state index in [9.17, 15) is 9.59 Å². The van der Waals surface area contributed by atoms with Gasteiger partial charge in [-0.2, -0.15) is 0 Å². The molecule has 2 aromatic rings. The summed E-state index contributed by atoms with van der Waals surface area (Å²) in [5.74, 6) is 0.177. The number of nitrogens with one attached hydrogen (secondary N) is 1. The standard InChI is InChI=1S/C24H31N3O2/c1-3-5-6-23(28)27-17-15-26(16-18-27)22-13-11-21(12-14-22)25-24(29)20-9-7-19(4-2)8-10-20/h7-14H,3-6,15-18H2,1-2H3,(H,25,29). The van der Waals surface area contributed by atoms with Crippen molar-refractivity contribution in [2.24, 2.45) is 0 Å². The number of amides is 2. The molecule has 2 amide bonds. The number of piperazine rings is 1. The van der Waals surface area contributed by atoms with Crippen molar-refractivity contribution in [3.05, 3.63) is 59.7 Å². The molecular weight excluding hydrogens is 362 g/mol. The monoisotopic (exact) mass is 393 g/mol. The van der Waals surface area contributed by atoms with E-state index in [-0.39, 0.29) is 11.8 Å². The SMILES string of the molecule is CCCCC(=O)N1CCN(c2ccc(NC(=O)c3ccc(CC)cc3)cc2)CC1. The van der Waals surface area contributed by atoms with E-state index < -0.39 is 0 Å². The van der Waals surface area contributed by atoms with Crippen LogP contribution >= 0.6 is 0 Å². The van der Waals surface area contributed by atoms with Crippen molar-refractivity contribution in [2.45, 2.75) is 39.5 Å². The van der Waals surface area contributed by atoms with E-state index in [0.29, 0.717) is 12.0 Å². The molecule has 29 heavy (non-hydrogen) atoms. The summed E-state index contributed by atoms with van der Waals surface area (Å²) < 4.78 is 0. The van der Waals surface area contributed by atoms with Crippen LogP contribution < -0.4 is 10.2 Å². The number of hydrogen-bond acceptors (Lipinski definition) is 3. The first kappa shape index (κ1) is 20.9. The van der Waals surface area contributed by atoms with Gasteiger partial charge in [0.1, 0.15) is 0 Å². The summed E-state index contributed by atoms with van der Waals surface area (Å²) >= 11 is 0. The fraction of sp³-hybridized carbons (Fsp3) is 0.417. The Bertz CT molecular complexity index is 807. The summed E-state index contributed by atoms with van der Waals surface area (Å²) in [6.45, 7) is 7.43. The predicted molar refractivity (Wildman–Crippen MR) is 119 cm³/mol. The fourth-order valence-electron chi connectivity index (χ4n) is 3.55. The molecule has 1 fully saturated rings. The Morgan fingerprint density at radius 2 is 1.55 bits per heavy atom. The molecule has 154 valence electrons. The summed E-state index contributed by atoms with van der Waals surface area (Å²) in [5, 5.41) is 2.96. The van der Waals surface area contributed by atoms with Gasteiger partial charge in [-0.15, -0.1) is 0 Å². The first-order chi connectivity index (χ1) is 14.1. The summed E-state index contributed by atoms with van der Waals surface area (Å²) in [5.41, 5.74) is 3.79. The van der Waals surface area contributed by atoms with Gasteiger partial charge in [0.2, 0.25) is 5.91 Å². The molecule has 2 aromatic carbocycles. The van der Waals surface area contributed by atoms with Gasteiger partial charge in [-0.3, -0.25) is 9.59 Å². The van der Waals surface area contributed by atoms with Gasteiger partial charge < -0.3 is 15.1 Å². The number of carbonyl (C=O) groups excluding carboxylic acids is 2. The number of nitrogens with zero attached hydrogens (tertiary/aromatic N) is 2. The van der Waals surface area contributed by atoms with Crippen LogP contribution in [0.4, 0.5) is 11.4 Å². The Morgan fingerprint density at radius 3 is 2.14 bits per heavy atom. The first-order valence-electron chi connectivity index (χ1n) is 10.6. The maximum Gasteiger partial charge on any atom is 0.255 e. The highest BCUT2D eigenvalue weighted by molar-refractivity contribution is 6.04. The lowest BCUT2D eigenvalue weighted by atomic mass is 10.1. The number of unbranched alkanes of at least 4 members (excludes halogenated alkanes) is 1. The quantitative estimate of drug-likeness (QED) is 0.761. The summed E-state index contributed by atoms with van der Waals surface area (Å²) in [4.78, 5) is 28.9. The molecule has 5 nitrogen and oxygen atoms in total. The lowest BCUT2D eigenvalue weighted by Gasteiger charge is -2.36. The Balaban J connectivity index is 1.52. The molecule has 1 saturated heterocycles. The molecule has 0 saturated carbocycles. The third-order valence-electron chi connectivity index (χ3n) is 5.49. The van der Waals surface area contributed by atoms with E-state index in [4.69, 9.17) is 0 Å². The van der Waals surface area contributed by atoms with Gasteiger partial charge in [0.25, 0.3) is 5.91 Å². The summed E-state index contributed by atoms with van der Waals surface area (Å²) in [6.07, 6.45) is 3.64. The van der Waals surface area contributed by atoms with Crippen molar-refractivity contribution in [3.8, 4) is 0 Å². The molecule has 1 aliphatic heterocycles. The fourth-order valence-corrected chi connectivity index (χ4v) is 3.55. The minimum absolute atomic E-state index is 0.0976. The minimum atomic E-state index is -0.0976. The lowest BCUT2D eigenvalue weighted by molar-refractivity contribution is -0.131. The molecule has 0 unspecified atom stereocenters. The average Bonchev–Trinajstić information content (AvgIpc) is 2.78. The van der Waals surface area contributed by atoms with Gasteiger partial charge in [-0.05, 0) is 54.8 Å². The highest BCUT2D eigenvalue weighted by atomic mass is 16.2. The Hall–Kier alpha value is -2.82. The maximum absolute atomic E-state index is 12.4. The van der Waals surface area contributed by atoms with Crippen molar-refractivity contribution in [3.63, 3.8) is 0 Å². The number of aryl methyl sites for hydroxylation is 1. The zero-order chi connectivity index (χ0) is 20.6. The number of carbonyl (C=O) groups is 2. The van der Waals surface area contributed by atoms with Crippen molar-refractivity contribution in [1.29, 1.82) is 0 Å². The van der Waals surface area contributed by atoms with Crippen molar-refractivity contribution in [2.75, 3.05) is 36.4 Å². The molecular formula is C24H31N3O2. The molecule has 0 aliphatic carbocycles. The Kier molecular flexibility index (Phi) is 7.28. The predicted octanol–water partition coefficient (Wildman–Crippen LogP) is 4.34. The van der Waals surface area contributed by atoms with Crippen LogP contribution in [0.5, 0.6) is 0 Å². The molecule has 5 heteroatoms. The van der Waals surface area contributed by atoms with E-state index in [1.807, 2.05) is 53.4 Å². The van der Waals surface area contributed by atoms with Crippen molar-refractivity contribution >= 4 is 23.2 Å². The highest BCUT2D eigenvalue weighted by Crippen LogP contribution is 2.20. The van der Waals surface area contributed by atoms with Gasteiger partial charge in [0.15, 0.2) is 0 Å². The molecule has 3 rings (SSSR count). The van der Waals surface area contributed by atoms with E-state index in [1.165, 1.54) is 5.56 Å². The second-order valence-corrected chi connectivity index (χ2v) is 7.52. The van der Waals surface area contributed by atoms with E-state index in [2.05, 4.69) is 24.1 Å². The van der Waals surface area contributed by atoms with Crippen LogP contribution in [0.2, 0.25) is 0 Å². The number of rotatable bonds is 7. The third-order valence-corrected chi connectivity index (χ3v) is 5.49.